The number of benzene rings is 1. The van der Waals surface area contributed by atoms with Crippen LogP contribution in [-0.4, -0.2) is 28.5 Å². The highest BCUT2D eigenvalue weighted by Gasteiger charge is 2.13. The quantitative estimate of drug-likeness (QED) is 0.888. The van der Waals surface area contributed by atoms with Crippen LogP contribution in [0.15, 0.2) is 23.6 Å². The molecule has 0 aliphatic carbocycles. The van der Waals surface area contributed by atoms with Crippen molar-refractivity contribution in [2.75, 3.05) is 6.54 Å². The maximum atomic E-state index is 13.8. The number of hydrogen-bond acceptors (Lipinski definition) is 4. The van der Waals surface area contributed by atoms with Gasteiger partial charge in [-0.05, 0) is 18.6 Å². The van der Waals surface area contributed by atoms with Gasteiger partial charge in [-0.3, -0.25) is 4.79 Å². The van der Waals surface area contributed by atoms with Gasteiger partial charge >= 0.3 is 5.97 Å². The van der Waals surface area contributed by atoms with Crippen molar-refractivity contribution in [2.24, 2.45) is 0 Å². The third-order valence-electron chi connectivity index (χ3n) is 2.83. The number of aromatic nitrogens is 1. The molecule has 0 bridgehead atoms. The van der Waals surface area contributed by atoms with E-state index in [2.05, 4.69) is 10.3 Å². The molecule has 0 spiro atoms. The summed E-state index contributed by atoms with van der Waals surface area (Å²) in [4.78, 5) is 26.4. The van der Waals surface area contributed by atoms with Gasteiger partial charge in [0.25, 0.3) is 5.91 Å². The molecule has 0 aliphatic rings. The molecule has 0 fully saturated rings. The second-order valence-corrected chi connectivity index (χ2v) is 5.32. The second kappa shape index (κ2) is 6.45. The van der Waals surface area contributed by atoms with Crippen LogP contribution in [0, 0.1) is 12.7 Å². The molecule has 21 heavy (non-hydrogen) atoms. The standard InChI is InChI=1S/C14H13FN2O3S/c1-8-3-2-4-9(12(8)15)13(18)16-6-5-11-17-10(7-21-11)14(19)20/h2-4,7H,5-6H2,1H3,(H,16,18)(H,19,20). The fourth-order valence-corrected chi connectivity index (χ4v) is 2.50. The Morgan fingerprint density at radius 1 is 1.43 bits per heavy atom. The molecule has 7 heteroatoms. The Morgan fingerprint density at radius 2 is 2.19 bits per heavy atom. The summed E-state index contributed by atoms with van der Waals surface area (Å²) in [6.45, 7) is 1.86. The summed E-state index contributed by atoms with van der Waals surface area (Å²) < 4.78 is 13.8. The first-order chi connectivity index (χ1) is 9.99. The number of carboxylic acid groups (broad SMARTS) is 1. The summed E-state index contributed by atoms with van der Waals surface area (Å²) in [5.41, 5.74) is 0.403. The average molecular weight is 308 g/mol. The molecular formula is C14H13FN2O3S. The van der Waals surface area contributed by atoms with Gasteiger partial charge < -0.3 is 10.4 Å². The number of carbonyl (C=O) groups is 2. The van der Waals surface area contributed by atoms with Crippen LogP contribution < -0.4 is 5.32 Å². The van der Waals surface area contributed by atoms with Crippen molar-refractivity contribution in [3.63, 3.8) is 0 Å². The summed E-state index contributed by atoms with van der Waals surface area (Å²) in [6, 6.07) is 4.63. The van der Waals surface area contributed by atoms with E-state index in [0.717, 1.165) is 0 Å². The molecule has 0 saturated carbocycles. The largest absolute Gasteiger partial charge is 0.476 e. The number of amides is 1. The average Bonchev–Trinajstić information content (AvgIpc) is 2.91. The van der Waals surface area contributed by atoms with Crippen molar-refractivity contribution >= 4 is 23.2 Å². The molecule has 5 nitrogen and oxygen atoms in total. The molecule has 1 amide bonds. The number of nitrogens with one attached hydrogen (secondary N) is 1. The number of aryl methyl sites for hydroxylation is 1. The van der Waals surface area contributed by atoms with Crippen molar-refractivity contribution in [2.45, 2.75) is 13.3 Å². The fourth-order valence-electron chi connectivity index (χ4n) is 1.72. The Hall–Kier alpha value is -2.28. The van der Waals surface area contributed by atoms with E-state index in [0.29, 0.717) is 17.0 Å². The molecule has 0 unspecified atom stereocenters. The summed E-state index contributed by atoms with van der Waals surface area (Å²) in [6.07, 6.45) is 0.400. The normalized spacial score (nSPS) is 10.4. The minimum Gasteiger partial charge on any atom is -0.476 e. The summed E-state index contributed by atoms with van der Waals surface area (Å²) in [5.74, 6) is -2.10. The Bertz CT molecular complexity index is 685. The number of halogens is 1. The maximum Gasteiger partial charge on any atom is 0.355 e. The van der Waals surface area contributed by atoms with E-state index < -0.39 is 17.7 Å². The highest BCUT2D eigenvalue weighted by atomic mass is 32.1. The Kier molecular flexibility index (Phi) is 4.64. The molecule has 0 aliphatic heterocycles. The number of thiazole rings is 1. The van der Waals surface area contributed by atoms with Crippen LogP contribution in [0.2, 0.25) is 0 Å². The van der Waals surface area contributed by atoms with Crippen LogP contribution in [0.4, 0.5) is 4.39 Å². The SMILES string of the molecule is Cc1cccc(C(=O)NCCc2nc(C(=O)O)cs2)c1F. The van der Waals surface area contributed by atoms with Gasteiger partial charge in [0.2, 0.25) is 0 Å². The molecule has 2 N–H and O–H groups in total. The van der Waals surface area contributed by atoms with Crippen LogP contribution in [0.3, 0.4) is 0 Å². The Balaban J connectivity index is 1.92. The lowest BCUT2D eigenvalue weighted by molar-refractivity contribution is 0.0690. The lowest BCUT2D eigenvalue weighted by Crippen LogP contribution is -2.26. The zero-order valence-corrected chi connectivity index (χ0v) is 12.0. The summed E-state index contributed by atoms with van der Waals surface area (Å²) in [7, 11) is 0. The van der Waals surface area contributed by atoms with Crippen molar-refractivity contribution in [3.8, 4) is 0 Å². The van der Waals surface area contributed by atoms with Gasteiger partial charge in [0.1, 0.15) is 5.82 Å². The third-order valence-corrected chi connectivity index (χ3v) is 3.74. The van der Waals surface area contributed by atoms with E-state index in [4.69, 9.17) is 5.11 Å². The highest BCUT2D eigenvalue weighted by molar-refractivity contribution is 7.09. The fraction of sp³-hybridized carbons (Fsp3) is 0.214. The van der Waals surface area contributed by atoms with E-state index >= 15 is 0 Å². The molecule has 0 saturated heterocycles. The number of carbonyl (C=O) groups excluding carboxylic acids is 1. The lowest BCUT2D eigenvalue weighted by atomic mass is 10.1. The Morgan fingerprint density at radius 3 is 2.86 bits per heavy atom. The zero-order chi connectivity index (χ0) is 15.4. The van der Waals surface area contributed by atoms with Gasteiger partial charge in [-0.25, -0.2) is 14.2 Å². The number of carboxylic acids is 1. The van der Waals surface area contributed by atoms with E-state index in [1.807, 2.05) is 0 Å². The third kappa shape index (κ3) is 3.63. The van der Waals surface area contributed by atoms with E-state index in [-0.39, 0.29) is 17.8 Å². The molecule has 110 valence electrons. The molecule has 1 aromatic carbocycles. The predicted molar refractivity (Wildman–Crippen MR) is 76.2 cm³/mol. The van der Waals surface area contributed by atoms with Crippen LogP contribution >= 0.6 is 11.3 Å². The highest BCUT2D eigenvalue weighted by Crippen LogP contribution is 2.12. The second-order valence-electron chi connectivity index (χ2n) is 4.37. The topological polar surface area (TPSA) is 79.3 Å². The van der Waals surface area contributed by atoms with Gasteiger partial charge in [0.15, 0.2) is 5.69 Å². The molecule has 1 heterocycles. The van der Waals surface area contributed by atoms with Crippen LogP contribution in [0.5, 0.6) is 0 Å². The molecule has 2 aromatic rings. The maximum absolute atomic E-state index is 13.8. The Labute approximate surface area is 124 Å². The van der Waals surface area contributed by atoms with Gasteiger partial charge in [-0.15, -0.1) is 11.3 Å². The van der Waals surface area contributed by atoms with E-state index in [1.54, 1.807) is 19.1 Å². The smallest absolute Gasteiger partial charge is 0.355 e. The molecule has 0 radical (unpaired) electrons. The van der Waals surface area contributed by atoms with Crippen molar-refractivity contribution < 1.29 is 19.1 Å². The number of nitrogens with zero attached hydrogens (tertiary/aromatic N) is 1. The van der Waals surface area contributed by atoms with Gasteiger partial charge in [-0.2, -0.15) is 0 Å². The van der Waals surface area contributed by atoms with E-state index in [1.165, 1.54) is 22.8 Å². The van der Waals surface area contributed by atoms with Crippen LogP contribution in [0.1, 0.15) is 31.4 Å². The molecule has 2 rings (SSSR count). The minimum absolute atomic E-state index is 0.000337. The molecule has 0 atom stereocenters. The molecular weight excluding hydrogens is 295 g/mol. The van der Waals surface area contributed by atoms with E-state index in [9.17, 15) is 14.0 Å². The van der Waals surface area contributed by atoms with Crippen molar-refractivity contribution in [3.05, 3.63) is 51.2 Å². The number of rotatable bonds is 5. The zero-order valence-electron chi connectivity index (χ0n) is 11.2. The van der Waals surface area contributed by atoms with Gasteiger partial charge in [0, 0.05) is 18.3 Å². The van der Waals surface area contributed by atoms with Crippen LogP contribution in [0.25, 0.3) is 0 Å². The van der Waals surface area contributed by atoms with Crippen LogP contribution in [-0.2, 0) is 6.42 Å². The first-order valence-corrected chi connectivity index (χ1v) is 7.08. The summed E-state index contributed by atoms with van der Waals surface area (Å²) >= 11 is 1.21. The number of hydrogen-bond donors (Lipinski definition) is 2. The number of aromatic carboxylic acids is 1. The van der Waals surface area contributed by atoms with Crippen molar-refractivity contribution in [1.82, 2.24) is 10.3 Å². The first-order valence-electron chi connectivity index (χ1n) is 6.20. The lowest BCUT2D eigenvalue weighted by Gasteiger charge is -2.06. The predicted octanol–water partition coefficient (Wildman–Crippen LogP) is 2.26. The first kappa shape index (κ1) is 15.1. The minimum atomic E-state index is -1.08. The van der Waals surface area contributed by atoms with Gasteiger partial charge in [0.05, 0.1) is 10.6 Å². The summed E-state index contributed by atoms with van der Waals surface area (Å²) in [5, 5.41) is 13.4. The van der Waals surface area contributed by atoms with Crippen molar-refractivity contribution in [1.29, 1.82) is 0 Å². The molecule has 1 aromatic heterocycles. The van der Waals surface area contributed by atoms with Gasteiger partial charge in [-0.1, -0.05) is 12.1 Å². The monoisotopic (exact) mass is 308 g/mol.